The second-order valence-corrected chi connectivity index (χ2v) is 10.7. The Labute approximate surface area is 268 Å². The summed E-state index contributed by atoms with van der Waals surface area (Å²) in [4.78, 5) is 68.0. The highest BCUT2D eigenvalue weighted by Crippen LogP contribution is 2.36. The minimum absolute atomic E-state index is 0.0991. The second-order valence-electron chi connectivity index (χ2n) is 10.7. The molecule has 0 saturated heterocycles. The van der Waals surface area contributed by atoms with Crippen molar-refractivity contribution in [3.63, 3.8) is 0 Å². The number of hydrogen-bond donors (Lipinski definition) is 1. The van der Waals surface area contributed by atoms with Crippen molar-refractivity contribution in [2.75, 3.05) is 9.80 Å². The quantitative estimate of drug-likeness (QED) is 0.204. The van der Waals surface area contributed by atoms with Gasteiger partial charge in [0, 0.05) is 22.3 Å². The van der Waals surface area contributed by atoms with Crippen LogP contribution in [0.3, 0.4) is 0 Å². The largest absolute Gasteiger partial charge is 0.478 e. The predicted molar refractivity (Wildman–Crippen MR) is 173 cm³/mol. The summed E-state index contributed by atoms with van der Waals surface area (Å²) in [5, 5.41) is 9.90. The van der Waals surface area contributed by atoms with Crippen LogP contribution in [0.4, 0.5) is 11.4 Å². The Morgan fingerprint density at radius 2 is 0.830 bits per heavy atom. The fourth-order valence-corrected chi connectivity index (χ4v) is 5.41. The van der Waals surface area contributed by atoms with Crippen LogP contribution >= 0.6 is 0 Å². The normalized spacial score (nSPS) is 13.0. The van der Waals surface area contributed by atoms with Crippen LogP contribution in [0.5, 0.6) is 0 Å². The number of amides is 4. The van der Waals surface area contributed by atoms with Gasteiger partial charge in [-0.1, -0.05) is 60.1 Å². The van der Waals surface area contributed by atoms with Gasteiger partial charge in [0.15, 0.2) is 0 Å². The van der Waals surface area contributed by atoms with Crippen molar-refractivity contribution in [2.24, 2.45) is 0 Å². The van der Waals surface area contributed by atoms with Gasteiger partial charge in [-0.3, -0.25) is 19.2 Å². The highest BCUT2D eigenvalue weighted by molar-refractivity contribution is 6.36. The van der Waals surface area contributed by atoms with E-state index in [0.29, 0.717) is 11.1 Å². The molecule has 5 aromatic rings. The summed E-state index contributed by atoms with van der Waals surface area (Å²) in [7, 11) is 0. The Kier molecular flexibility index (Phi) is 7.01. The van der Waals surface area contributed by atoms with E-state index in [1.165, 1.54) is 30.3 Å². The first-order valence-corrected chi connectivity index (χ1v) is 14.4. The average Bonchev–Trinajstić information content (AvgIpc) is 3.50. The van der Waals surface area contributed by atoms with E-state index in [4.69, 9.17) is 0 Å². The first-order chi connectivity index (χ1) is 22.8. The molecule has 0 aromatic heterocycles. The number of aromatic carboxylic acids is 1. The van der Waals surface area contributed by atoms with E-state index in [1.807, 2.05) is 60.7 Å². The second kappa shape index (κ2) is 11.5. The molecule has 5 aromatic carbocycles. The molecule has 8 nitrogen and oxygen atoms in total. The number of carboxylic acids is 1. The Morgan fingerprint density at radius 3 is 1.23 bits per heavy atom. The lowest BCUT2D eigenvalue weighted by molar-refractivity contribution is 0.0694. The predicted octanol–water partition coefficient (Wildman–Crippen LogP) is 5.79. The highest BCUT2D eigenvalue weighted by atomic mass is 16.4. The smallest absolute Gasteiger partial charge is 0.335 e. The molecule has 2 heterocycles. The van der Waals surface area contributed by atoms with E-state index in [1.54, 1.807) is 12.1 Å². The van der Waals surface area contributed by atoms with E-state index in [9.17, 15) is 29.1 Å². The van der Waals surface area contributed by atoms with Crippen LogP contribution in [0.15, 0.2) is 115 Å². The first-order valence-electron chi connectivity index (χ1n) is 14.4. The summed E-state index contributed by atoms with van der Waals surface area (Å²) in [6.07, 6.45) is 0. The van der Waals surface area contributed by atoms with Crippen molar-refractivity contribution in [3.05, 3.63) is 165 Å². The number of carboxylic acid groups (broad SMARTS) is 1. The first kappa shape index (κ1) is 28.7. The van der Waals surface area contributed by atoms with Gasteiger partial charge in [0.1, 0.15) is 0 Å². The molecule has 0 spiro atoms. The van der Waals surface area contributed by atoms with E-state index in [-0.39, 0.29) is 39.2 Å². The standard InChI is InChI=1S/C39H20N2O6/c42-35-31-17-15-26(13-11-24-7-3-1-4-8-24)19-33(31)37(44)40(35)29-21-28(39(46)47)22-30(23-29)41-36(43)32-18-16-27(20-34(32)38(41)45)14-12-25-9-5-2-6-10-25/h1-10,15-23H,(H,46,47). The number of hydrogen-bond acceptors (Lipinski definition) is 5. The number of imide groups is 2. The minimum atomic E-state index is -1.38. The number of fused-ring (bicyclic) bond motifs is 2. The fraction of sp³-hybridized carbons (Fsp3) is 0. The van der Waals surface area contributed by atoms with Gasteiger partial charge in [0.25, 0.3) is 23.6 Å². The lowest BCUT2D eigenvalue weighted by atomic mass is 10.1. The van der Waals surface area contributed by atoms with Gasteiger partial charge in [0.05, 0.1) is 39.2 Å². The topological polar surface area (TPSA) is 112 Å². The Balaban J connectivity index is 1.22. The number of carbonyl (C=O) groups is 5. The molecular weight excluding hydrogens is 592 g/mol. The van der Waals surface area contributed by atoms with Gasteiger partial charge in [-0.05, 0) is 78.9 Å². The molecule has 8 heteroatoms. The summed E-state index contributed by atoms with van der Waals surface area (Å²) >= 11 is 0. The summed E-state index contributed by atoms with van der Waals surface area (Å²) in [6, 6.07) is 31.4. The number of rotatable bonds is 3. The fourth-order valence-electron chi connectivity index (χ4n) is 5.41. The molecule has 222 valence electrons. The highest BCUT2D eigenvalue weighted by Gasteiger charge is 2.40. The van der Waals surface area contributed by atoms with Gasteiger partial charge < -0.3 is 5.11 Å². The molecule has 7 rings (SSSR count). The van der Waals surface area contributed by atoms with Crippen LogP contribution in [-0.2, 0) is 0 Å². The van der Waals surface area contributed by atoms with Crippen LogP contribution in [0, 0.1) is 23.7 Å². The summed E-state index contributed by atoms with van der Waals surface area (Å²) in [6.45, 7) is 0. The van der Waals surface area contributed by atoms with E-state index in [0.717, 1.165) is 33.1 Å². The molecule has 0 bridgehead atoms. The number of benzene rings is 5. The van der Waals surface area contributed by atoms with E-state index >= 15 is 0 Å². The molecule has 2 aliphatic rings. The zero-order chi connectivity index (χ0) is 32.7. The summed E-state index contributed by atoms with van der Waals surface area (Å²) in [5.74, 6) is 7.90. The Hall–Kier alpha value is -7.03. The molecule has 0 aliphatic carbocycles. The van der Waals surface area contributed by atoms with E-state index < -0.39 is 29.6 Å². The maximum atomic E-state index is 13.6. The molecule has 0 atom stereocenters. The molecule has 1 N–H and O–H groups in total. The van der Waals surface area contributed by atoms with Crippen molar-refractivity contribution in [2.45, 2.75) is 0 Å². The Morgan fingerprint density at radius 1 is 0.447 bits per heavy atom. The molecule has 47 heavy (non-hydrogen) atoms. The van der Waals surface area contributed by atoms with Crippen LogP contribution in [0.2, 0.25) is 0 Å². The molecule has 2 aliphatic heterocycles. The number of anilines is 2. The SMILES string of the molecule is O=C(O)c1cc(N2C(=O)c3ccc(C#Cc4ccccc4)cc3C2=O)cc(N2C(=O)c3ccc(C#Cc4ccccc4)cc3C2=O)c1. The lowest BCUT2D eigenvalue weighted by Crippen LogP contribution is -2.32. The van der Waals surface area contributed by atoms with Crippen molar-refractivity contribution in [1.29, 1.82) is 0 Å². The van der Waals surface area contributed by atoms with E-state index in [2.05, 4.69) is 23.7 Å². The molecule has 0 unspecified atom stereocenters. The zero-order valence-electron chi connectivity index (χ0n) is 24.4. The molecule has 0 saturated carbocycles. The average molecular weight is 613 g/mol. The van der Waals surface area contributed by atoms with Gasteiger partial charge in [-0.2, -0.15) is 0 Å². The van der Waals surface area contributed by atoms with Gasteiger partial charge >= 0.3 is 5.97 Å². The third-order valence-corrected chi connectivity index (χ3v) is 7.69. The zero-order valence-corrected chi connectivity index (χ0v) is 24.4. The summed E-state index contributed by atoms with van der Waals surface area (Å²) in [5.41, 5.74) is 2.48. The monoisotopic (exact) mass is 612 g/mol. The third-order valence-electron chi connectivity index (χ3n) is 7.69. The number of nitrogens with zero attached hydrogens (tertiary/aromatic N) is 2. The third kappa shape index (κ3) is 5.22. The van der Waals surface area contributed by atoms with Gasteiger partial charge in [-0.25, -0.2) is 14.6 Å². The molecule has 0 fully saturated rings. The van der Waals surface area contributed by atoms with Crippen LogP contribution in [-0.4, -0.2) is 34.7 Å². The maximum Gasteiger partial charge on any atom is 0.335 e. The number of carbonyl (C=O) groups excluding carboxylic acids is 4. The van der Waals surface area contributed by atoms with Crippen LogP contribution < -0.4 is 9.80 Å². The molecule has 0 radical (unpaired) electrons. The summed E-state index contributed by atoms with van der Waals surface area (Å²) < 4.78 is 0. The maximum absolute atomic E-state index is 13.6. The van der Waals surface area contributed by atoms with Gasteiger partial charge in [-0.15, -0.1) is 0 Å². The molecular formula is C39H20N2O6. The van der Waals surface area contributed by atoms with Crippen molar-refractivity contribution < 1.29 is 29.1 Å². The van der Waals surface area contributed by atoms with Crippen molar-refractivity contribution in [3.8, 4) is 23.7 Å². The van der Waals surface area contributed by atoms with Crippen molar-refractivity contribution in [1.82, 2.24) is 0 Å². The van der Waals surface area contributed by atoms with Gasteiger partial charge in [0.2, 0.25) is 0 Å². The van der Waals surface area contributed by atoms with Crippen LogP contribution in [0.1, 0.15) is 74.0 Å². The van der Waals surface area contributed by atoms with Crippen molar-refractivity contribution >= 4 is 41.0 Å². The lowest BCUT2D eigenvalue weighted by Gasteiger charge is -2.20. The Bertz CT molecular complexity index is 2170. The minimum Gasteiger partial charge on any atom is -0.478 e. The molecule has 4 amide bonds. The van der Waals surface area contributed by atoms with Crippen LogP contribution in [0.25, 0.3) is 0 Å².